The first-order valence-corrected chi connectivity index (χ1v) is 8.25. The van der Waals surface area contributed by atoms with Crippen molar-refractivity contribution in [3.63, 3.8) is 0 Å². The largest absolute Gasteiger partial charge is 0.375 e. The molecule has 0 saturated carbocycles. The fourth-order valence-electron chi connectivity index (χ4n) is 1.96. The van der Waals surface area contributed by atoms with Crippen molar-refractivity contribution in [2.75, 3.05) is 17.7 Å². The second-order valence-corrected chi connectivity index (χ2v) is 6.73. The van der Waals surface area contributed by atoms with E-state index in [0.717, 1.165) is 5.75 Å². The lowest BCUT2D eigenvalue weighted by Gasteiger charge is -2.16. The van der Waals surface area contributed by atoms with Crippen LogP contribution in [0.15, 0.2) is 17.1 Å². The third-order valence-electron chi connectivity index (χ3n) is 2.88. The molecule has 0 unspecified atom stereocenters. The van der Waals surface area contributed by atoms with Gasteiger partial charge in [0.15, 0.2) is 0 Å². The van der Waals surface area contributed by atoms with Gasteiger partial charge in [0.25, 0.3) is 0 Å². The molecule has 0 spiro atoms. The molecule has 0 amide bonds. The maximum atomic E-state index is 12.1. The maximum absolute atomic E-state index is 12.1. The van der Waals surface area contributed by atoms with Crippen LogP contribution in [0.3, 0.4) is 0 Å². The number of hydrogen-bond donors (Lipinski definition) is 1. The highest BCUT2D eigenvalue weighted by Gasteiger charge is 2.28. The number of aromatic nitrogens is 2. The molecule has 2 heterocycles. The number of anilines is 1. The highest BCUT2D eigenvalue weighted by atomic mass is 32.2. The first-order valence-electron chi connectivity index (χ1n) is 7.20. The van der Waals surface area contributed by atoms with Gasteiger partial charge in [-0.25, -0.2) is 4.79 Å². The third kappa shape index (κ3) is 4.72. The van der Waals surface area contributed by atoms with Crippen LogP contribution < -0.4 is 11.0 Å². The Balaban J connectivity index is 1.98. The molecule has 21 heavy (non-hydrogen) atoms. The molecule has 0 bridgehead atoms. The zero-order chi connectivity index (χ0) is 15.4. The quantitative estimate of drug-likeness (QED) is 0.867. The molecule has 6 nitrogen and oxygen atoms in total. The molecule has 0 aromatic carbocycles. The van der Waals surface area contributed by atoms with Crippen molar-refractivity contribution in [3.05, 3.63) is 22.7 Å². The summed E-state index contributed by atoms with van der Waals surface area (Å²) in [6.45, 7) is 8.53. The van der Waals surface area contributed by atoms with E-state index in [2.05, 4.69) is 10.3 Å². The van der Waals surface area contributed by atoms with Crippen LogP contribution in [0.25, 0.3) is 0 Å². The minimum atomic E-state index is -0.295. The second kappa shape index (κ2) is 7.29. The van der Waals surface area contributed by atoms with Gasteiger partial charge in [0.2, 0.25) is 0 Å². The molecule has 2 rings (SSSR count). The Labute approximate surface area is 129 Å². The Hall–Kier alpha value is -1.05. The molecule has 118 valence electrons. The Morgan fingerprint density at radius 2 is 2.29 bits per heavy atom. The van der Waals surface area contributed by atoms with Crippen LogP contribution >= 0.6 is 11.8 Å². The molecular weight excluding hydrogens is 290 g/mol. The Bertz CT molecular complexity index is 518. The molecule has 1 aliphatic rings. The summed E-state index contributed by atoms with van der Waals surface area (Å²) in [7, 11) is 0. The summed E-state index contributed by atoms with van der Waals surface area (Å²) < 4.78 is 12.9. The van der Waals surface area contributed by atoms with E-state index in [-0.39, 0.29) is 29.5 Å². The topological polar surface area (TPSA) is 65.4 Å². The van der Waals surface area contributed by atoms with Gasteiger partial charge in [-0.1, -0.05) is 0 Å². The van der Waals surface area contributed by atoms with Crippen molar-refractivity contribution in [1.29, 1.82) is 0 Å². The summed E-state index contributed by atoms with van der Waals surface area (Å²) in [6.07, 6.45) is 1.64. The Morgan fingerprint density at radius 3 is 2.90 bits per heavy atom. The number of ether oxygens (including phenoxy) is 2. The lowest BCUT2D eigenvalue weighted by molar-refractivity contribution is -0.0377. The summed E-state index contributed by atoms with van der Waals surface area (Å²) in [6, 6.07) is 2.04. The average molecular weight is 313 g/mol. The minimum Gasteiger partial charge on any atom is -0.375 e. The standard InChI is InChI=1S/C14H23N3O3S/c1-9(2)15-11-5-6-17(14(18)16-11)12-8-21-13(20-12)7-19-10(3)4/h5-6,9-10,12-13H,7-8H2,1-4H3,(H,15,16,18)/t12-,13+/m0/s1. The van der Waals surface area contributed by atoms with Crippen molar-refractivity contribution in [2.24, 2.45) is 0 Å². The molecule has 1 aromatic heterocycles. The lowest BCUT2D eigenvalue weighted by atomic mass is 10.4. The summed E-state index contributed by atoms with van der Waals surface area (Å²) in [5, 5.41) is 3.11. The van der Waals surface area contributed by atoms with Gasteiger partial charge >= 0.3 is 5.69 Å². The first-order chi connectivity index (χ1) is 9.95. The highest BCUT2D eigenvalue weighted by Crippen LogP contribution is 2.31. The predicted molar refractivity (Wildman–Crippen MR) is 84.7 cm³/mol. The number of nitrogens with zero attached hydrogens (tertiary/aromatic N) is 2. The molecule has 2 atom stereocenters. The van der Waals surface area contributed by atoms with Crippen LogP contribution in [0.2, 0.25) is 0 Å². The van der Waals surface area contributed by atoms with Gasteiger partial charge in [-0.2, -0.15) is 4.98 Å². The lowest BCUT2D eigenvalue weighted by Crippen LogP contribution is -2.29. The van der Waals surface area contributed by atoms with Crippen LogP contribution in [0, 0.1) is 0 Å². The molecule has 1 aromatic rings. The minimum absolute atomic E-state index is 0.0298. The SMILES string of the molecule is CC(C)Nc1ccn([C@@H]2CS[C@H](COC(C)C)O2)c(=O)n1. The molecule has 0 aliphatic carbocycles. The van der Waals surface area contributed by atoms with E-state index >= 15 is 0 Å². The van der Waals surface area contributed by atoms with E-state index in [1.165, 1.54) is 4.57 Å². The molecule has 1 saturated heterocycles. The smallest absolute Gasteiger partial charge is 0.351 e. The zero-order valence-corrected chi connectivity index (χ0v) is 13.7. The maximum Gasteiger partial charge on any atom is 0.351 e. The zero-order valence-electron chi connectivity index (χ0n) is 12.9. The fraction of sp³-hybridized carbons (Fsp3) is 0.714. The summed E-state index contributed by atoms with van der Waals surface area (Å²) >= 11 is 1.66. The Kier molecular flexibility index (Phi) is 5.66. The Morgan fingerprint density at radius 1 is 1.52 bits per heavy atom. The van der Waals surface area contributed by atoms with Crippen molar-refractivity contribution < 1.29 is 9.47 Å². The number of hydrogen-bond acceptors (Lipinski definition) is 6. The van der Waals surface area contributed by atoms with Crippen molar-refractivity contribution in [3.8, 4) is 0 Å². The number of thioether (sulfide) groups is 1. The average Bonchev–Trinajstić information content (AvgIpc) is 2.84. The molecule has 1 aliphatic heterocycles. The van der Waals surface area contributed by atoms with Gasteiger partial charge in [-0.05, 0) is 33.8 Å². The van der Waals surface area contributed by atoms with Gasteiger partial charge in [-0.15, -0.1) is 11.8 Å². The highest BCUT2D eigenvalue weighted by molar-refractivity contribution is 8.00. The number of rotatable bonds is 6. The van der Waals surface area contributed by atoms with E-state index in [9.17, 15) is 4.79 Å². The normalized spacial score (nSPS) is 22.2. The van der Waals surface area contributed by atoms with Gasteiger partial charge < -0.3 is 14.8 Å². The van der Waals surface area contributed by atoms with Gasteiger partial charge in [0, 0.05) is 18.0 Å². The third-order valence-corrected chi connectivity index (χ3v) is 3.97. The fourth-order valence-corrected chi connectivity index (χ4v) is 2.96. The number of nitrogens with one attached hydrogen (secondary N) is 1. The van der Waals surface area contributed by atoms with Gasteiger partial charge in [0.1, 0.15) is 17.5 Å². The van der Waals surface area contributed by atoms with E-state index in [1.807, 2.05) is 27.7 Å². The molecule has 1 fully saturated rings. The van der Waals surface area contributed by atoms with E-state index < -0.39 is 0 Å². The van der Waals surface area contributed by atoms with Gasteiger partial charge in [0.05, 0.1) is 12.7 Å². The van der Waals surface area contributed by atoms with Crippen LogP contribution in [0.4, 0.5) is 5.82 Å². The van der Waals surface area contributed by atoms with Crippen molar-refractivity contribution in [2.45, 2.75) is 51.5 Å². The summed E-state index contributed by atoms with van der Waals surface area (Å²) in [5.41, 5.74) is -0.325. The van der Waals surface area contributed by atoms with E-state index in [0.29, 0.717) is 12.4 Å². The van der Waals surface area contributed by atoms with E-state index in [1.54, 1.807) is 24.0 Å². The predicted octanol–water partition coefficient (Wildman–Crippen LogP) is 2.08. The summed E-state index contributed by atoms with van der Waals surface area (Å²) in [5.74, 6) is 1.32. The molecule has 7 heteroatoms. The van der Waals surface area contributed by atoms with Crippen LogP contribution in [0.1, 0.15) is 33.9 Å². The van der Waals surface area contributed by atoms with Gasteiger partial charge in [-0.3, -0.25) is 4.57 Å². The van der Waals surface area contributed by atoms with Crippen molar-refractivity contribution in [1.82, 2.24) is 9.55 Å². The van der Waals surface area contributed by atoms with Crippen LogP contribution in [0.5, 0.6) is 0 Å². The molecule has 0 radical (unpaired) electrons. The molecular formula is C14H23N3O3S. The first kappa shape index (κ1) is 16.3. The molecule has 1 N–H and O–H groups in total. The van der Waals surface area contributed by atoms with E-state index in [4.69, 9.17) is 9.47 Å². The van der Waals surface area contributed by atoms with Crippen LogP contribution in [-0.2, 0) is 9.47 Å². The summed E-state index contributed by atoms with van der Waals surface area (Å²) in [4.78, 5) is 16.1. The van der Waals surface area contributed by atoms with Crippen molar-refractivity contribution >= 4 is 17.6 Å². The van der Waals surface area contributed by atoms with Crippen LogP contribution in [-0.4, -0.2) is 39.5 Å². The monoisotopic (exact) mass is 313 g/mol. The second-order valence-electron chi connectivity index (χ2n) is 5.54.